The topological polar surface area (TPSA) is 49.8 Å². The maximum absolute atomic E-state index is 12.1. The Labute approximate surface area is 124 Å². The third-order valence-corrected chi connectivity index (χ3v) is 3.59. The van der Waals surface area contributed by atoms with Gasteiger partial charge in [-0.15, -0.1) is 11.3 Å². The van der Waals surface area contributed by atoms with Crippen molar-refractivity contribution in [2.45, 2.75) is 32.4 Å². The molecule has 0 atom stereocenters. The van der Waals surface area contributed by atoms with Gasteiger partial charge in [0, 0.05) is 19.5 Å². The molecule has 2 N–H and O–H groups in total. The maximum atomic E-state index is 12.1. The van der Waals surface area contributed by atoms with Crippen LogP contribution < -0.4 is 10.6 Å². The highest BCUT2D eigenvalue weighted by Crippen LogP contribution is 2.27. The molecule has 0 aliphatic heterocycles. The summed E-state index contributed by atoms with van der Waals surface area (Å²) in [5.41, 5.74) is 0. The SMILES string of the molecule is CCCNc1nc(NCCCC(F)(F)F)c2ccsc2n1. The summed E-state index contributed by atoms with van der Waals surface area (Å²) in [7, 11) is 0. The fourth-order valence-corrected chi connectivity index (χ4v) is 2.57. The number of hydrogen-bond acceptors (Lipinski definition) is 5. The molecule has 0 fully saturated rings. The van der Waals surface area contributed by atoms with E-state index in [1.54, 1.807) is 0 Å². The minimum Gasteiger partial charge on any atom is -0.369 e. The van der Waals surface area contributed by atoms with Gasteiger partial charge in [-0.3, -0.25) is 0 Å². The van der Waals surface area contributed by atoms with E-state index in [1.807, 2.05) is 18.4 Å². The summed E-state index contributed by atoms with van der Waals surface area (Å²) in [6, 6.07) is 1.87. The molecule has 21 heavy (non-hydrogen) atoms. The highest BCUT2D eigenvalue weighted by atomic mass is 32.1. The lowest BCUT2D eigenvalue weighted by Gasteiger charge is -2.10. The molecule has 0 saturated heterocycles. The zero-order chi connectivity index (χ0) is 15.3. The Morgan fingerprint density at radius 3 is 2.71 bits per heavy atom. The van der Waals surface area contributed by atoms with Crippen LogP contribution in [0, 0.1) is 0 Å². The van der Waals surface area contributed by atoms with E-state index in [4.69, 9.17) is 0 Å². The molecule has 0 unspecified atom stereocenters. The second kappa shape index (κ2) is 6.93. The zero-order valence-corrected chi connectivity index (χ0v) is 12.4. The maximum Gasteiger partial charge on any atom is 0.389 e. The summed E-state index contributed by atoms with van der Waals surface area (Å²) in [5, 5.41) is 8.81. The quantitative estimate of drug-likeness (QED) is 0.749. The van der Waals surface area contributed by atoms with Gasteiger partial charge < -0.3 is 10.6 Å². The fourth-order valence-electron chi connectivity index (χ4n) is 1.80. The number of thiophene rings is 1. The summed E-state index contributed by atoms with van der Waals surface area (Å²) in [4.78, 5) is 9.54. The molecule has 2 aromatic rings. The van der Waals surface area contributed by atoms with Crippen molar-refractivity contribution in [1.29, 1.82) is 0 Å². The molecule has 116 valence electrons. The molecule has 0 radical (unpaired) electrons. The van der Waals surface area contributed by atoms with Gasteiger partial charge in [-0.2, -0.15) is 18.2 Å². The molecule has 8 heteroatoms. The Balaban J connectivity index is 2.04. The van der Waals surface area contributed by atoms with Crippen LogP contribution in [-0.2, 0) is 0 Å². The van der Waals surface area contributed by atoms with E-state index in [1.165, 1.54) is 11.3 Å². The Hall–Kier alpha value is -1.57. The van der Waals surface area contributed by atoms with Crippen LogP contribution in [0.3, 0.4) is 0 Å². The monoisotopic (exact) mass is 318 g/mol. The molecule has 0 aromatic carbocycles. The normalized spacial score (nSPS) is 11.8. The van der Waals surface area contributed by atoms with Crippen LogP contribution in [0.4, 0.5) is 24.9 Å². The average Bonchev–Trinajstić information content (AvgIpc) is 2.88. The zero-order valence-electron chi connectivity index (χ0n) is 11.6. The van der Waals surface area contributed by atoms with Crippen LogP contribution in [-0.4, -0.2) is 29.2 Å². The Kier molecular flexibility index (Phi) is 5.22. The Morgan fingerprint density at radius 1 is 1.19 bits per heavy atom. The third-order valence-electron chi connectivity index (χ3n) is 2.79. The molecule has 2 aromatic heterocycles. The van der Waals surface area contributed by atoms with Gasteiger partial charge in [0.1, 0.15) is 10.6 Å². The summed E-state index contributed by atoms with van der Waals surface area (Å²) >= 11 is 1.48. The number of fused-ring (bicyclic) bond motifs is 1. The number of aromatic nitrogens is 2. The minimum atomic E-state index is -4.11. The number of nitrogens with one attached hydrogen (secondary N) is 2. The number of nitrogens with zero attached hydrogens (tertiary/aromatic N) is 2. The number of anilines is 2. The van der Waals surface area contributed by atoms with E-state index in [9.17, 15) is 13.2 Å². The van der Waals surface area contributed by atoms with E-state index in [0.717, 1.165) is 23.2 Å². The summed E-state index contributed by atoms with van der Waals surface area (Å²) in [5.74, 6) is 1.09. The van der Waals surface area contributed by atoms with Gasteiger partial charge in [0.05, 0.1) is 5.39 Å². The van der Waals surface area contributed by atoms with Crippen molar-refractivity contribution in [3.05, 3.63) is 11.4 Å². The second-order valence-corrected chi connectivity index (χ2v) is 5.50. The first kappa shape index (κ1) is 15.8. The molecule has 0 bridgehead atoms. The van der Waals surface area contributed by atoms with Crippen molar-refractivity contribution >= 4 is 33.3 Å². The summed E-state index contributed by atoms with van der Waals surface area (Å²) < 4.78 is 36.4. The van der Waals surface area contributed by atoms with Gasteiger partial charge in [-0.1, -0.05) is 6.92 Å². The van der Waals surface area contributed by atoms with Crippen LogP contribution in [0.25, 0.3) is 10.2 Å². The first-order chi connectivity index (χ1) is 9.99. The standard InChI is InChI=1S/C13H17F3N4S/c1-2-6-18-12-19-10(9-4-8-21-11(9)20-12)17-7-3-5-13(14,15)16/h4,8H,2-3,5-7H2,1H3,(H2,17,18,19,20). The van der Waals surface area contributed by atoms with E-state index in [-0.39, 0.29) is 13.0 Å². The molecule has 0 spiro atoms. The van der Waals surface area contributed by atoms with Crippen molar-refractivity contribution in [2.75, 3.05) is 23.7 Å². The van der Waals surface area contributed by atoms with Gasteiger partial charge >= 0.3 is 6.18 Å². The van der Waals surface area contributed by atoms with Gasteiger partial charge in [-0.25, -0.2) is 4.98 Å². The smallest absolute Gasteiger partial charge is 0.369 e. The lowest BCUT2D eigenvalue weighted by Crippen LogP contribution is -2.12. The first-order valence-corrected chi connectivity index (χ1v) is 7.67. The molecule has 2 heterocycles. The van der Waals surface area contributed by atoms with E-state index >= 15 is 0 Å². The molecule has 4 nitrogen and oxygen atoms in total. The molecule has 0 aliphatic carbocycles. The highest BCUT2D eigenvalue weighted by molar-refractivity contribution is 7.16. The molecule has 0 aliphatic rings. The van der Waals surface area contributed by atoms with E-state index in [2.05, 4.69) is 20.6 Å². The van der Waals surface area contributed by atoms with Crippen molar-refractivity contribution in [3.8, 4) is 0 Å². The number of alkyl halides is 3. The second-order valence-electron chi connectivity index (χ2n) is 4.61. The fraction of sp³-hybridized carbons (Fsp3) is 0.538. The number of rotatable bonds is 7. The van der Waals surface area contributed by atoms with E-state index in [0.29, 0.717) is 11.8 Å². The van der Waals surface area contributed by atoms with Crippen molar-refractivity contribution < 1.29 is 13.2 Å². The van der Waals surface area contributed by atoms with Gasteiger partial charge in [0.15, 0.2) is 0 Å². The predicted molar refractivity (Wildman–Crippen MR) is 80.0 cm³/mol. The van der Waals surface area contributed by atoms with Gasteiger partial charge in [-0.05, 0) is 24.3 Å². The van der Waals surface area contributed by atoms with E-state index < -0.39 is 12.6 Å². The Morgan fingerprint density at radius 2 is 2.00 bits per heavy atom. The summed E-state index contributed by atoms with van der Waals surface area (Å²) in [6.07, 6.45) is -3.94. The highest BCUT2D eigenvalue weighted by Gasteiger charge is 2.25. The van der Waals surface area contributed by atoms with Crippen LogP contribution in [0.15, 0.2) is 11.4 Å². The largest absolute Gasteiger partial charge is 0.389 e. The predicted octanol–water partition coefficient (Wildman–Crippen LogP) is 4.27. The number of hydrogen-bond donors (Lipinski definition) is 2. The molecule has 0 saturated carbocycles. The third kappa shape index (κ3) is 4.73. The van der Waals surface area contributed by atoms with Crippen molar-refractivity contribution in [2.24, 2.45) is 0 Å². The lowest BCUT2D eigenvalue weighted by atomic mass is 10.3. The van der Waals surface area contributed by atoms with Gasteiger partial charge in [0.2, 0.25) is 5.95 Å². The van der Waals surface area contributed by atoms with Crippen molar-refractivity contribution in [3.63, 3.8) is 0 Å². The lowest BCUT2D eigenvalue weighted by molar-refractivity contribution is -0.134. The first-order valence-electron chi connectivity index (χ1n) is 6.79. The molecular formula is C13H17F3N4S. The van der Waals surface area contributed by atoms with Crippen LogP contribution in [0.5, 0.6) is 0 Å². The number of halogens is 3. The summed E-state index contributed by atoms with van der Waals surface area (Å²) in [6.45, 7) is 3.02. The molecule has 2 rings (SSSR count). The van der Waals surface area contributed by atoms with Crippen LogP contribution in [0.1, 0.15) is 26.2 Å². The minimum absolute atomic E-state index is 0.0247. The molecular weight excluding hydrogens is 301 g/mol. The van der Waals surface area contributed by atoms with Gasteiger partial charge in [0.25, 0.3) is 0 Å². The Bertz CT molecular complexity index is 582. The van der Waals surface area contributed by atoms with Crippen LogP contribution in [0.2, 0.25) is 0 Å². The average molecular weight is 318 g/mol. The van der Waals surface area contributed by atoms with Crippen LogP contribution >= 0.6 is 11.3 Å². The van der Waals surface area contributed by atoms with Crippen molar-refractivity contribution in [1.82, 2.24) is 9.97 Å². The molecule has 0 amide bonds.